The maximum atomic E-state index is 4.22. The molecule has 0 aromatic carbocycles. The van der Waals surface area contributed by atoms with Crippen LogP contribution in [0.1, 0.15) is 6.92 Å². The predicted octanol–water partition coefficient (Wildman–Crippen LogP) is 0.114. The van der Waals surface area contributed by atoms with Crippen molar-refractivity contribution in [3.63, 3.8) is 0 Å². The molecular weight excluding hydrogens is 152 g/mol. The second-order valence-electron chi connectivity index (χ2n) is 3.03. The highest BCUT2D eigenvalue weighted by molar-refractivity contribution is 5.57. The molecule has 0 fully saturated rings. The summed E-state index contributed by atoms with van der Waals surface area (Å²) >= 11 is 0. The molecule has 0 saturated carbocycles. The van der Waals surface area contributed by atoms with Gasteiger partial charge in [0.2, 0.25) is 0 Å². The Bertz CT molecular complexity index is 168. The molecule has 0 aromatic heterocycles. The van der Waals surface area contributed by atoms with Gasteiger partial charge >= 0.3 is 0 Å². The summed E-state index contributed by atoms with van der Waals surface area (Å²) in [5, 5.41) is 6.09. The van der Waals surface area contributed by atoms with Gasteiger partial charge in [0.1, 0.15) is 12.9 Å². The third kappa shape index (κ3) is 5.70. The van der Waals surface area contributed by atoms with Gasteiger partial charge in [-0.2, -0.15) is 0 Å². The van der Waals surface area contributed by atoms with Crippen LogP contribution in [0.4, 0.5) is 0 Å². The summed E-state index contributed by atoms with van der Waals surface area (Å²) in [7, 11) is 7.86. The first-order chi connectivity index (χ1) is 5.56. The highest BCUT2D eigenvalue weighted by Gasteiger charge is 1.99. The molecule has 0 aromatic rings. The lowest BCUT2D eigenvalue weighted by Crippen LogP contribution is -2.22. The van der Waals surface area contributed by atoms with Crippen molar-refractivity contribution in [2.24, 2.45) is 5.10 Å². The number of hydrogen-bond donors (Lipinski definition) is 0. The van der Waals surface area contributed by atoms with Gasteiger partial charge in [-0.1, -0.05) is 5.10 Å². The molecule has 0 aliphatic rings. The Kier molecular flexibility index (Phi) is 5.08. The van der Waals surface area contributed by atoms with Crippen LogP contribution in [0.2, 0.25) is 0 Å². The summed E-state index contributed by atoms with van der Waals surface area (Å²) in [5.74, 6) is 0. The first-order valence-corrected chi connectivity index (χ1v) is 4.04. The van der Waals surface area contributed by atoms with E-state index in [9.17, 15) is 0 Å². The highest BCUT2D eigenvalue weighted by Crippen LogP contribution is 1.82. The second-order valence-corrected chi connectivity index (χ2v) is 3.03. The summed E-state index contributed by atoms with van der Waals surface area (Å²) in [6.45, 7) is 2.94. The average molecular weight is 171 g/mol. The number of nitrogens with zero attached hydrogens (tertiary/aromatic N) is 4. The van der Waals surface area contributed by atoms with E-state index in [-0.39, 0.29) is 0 Å². The normalized spacial score (nSPS) is 10.1. The summed E-state index contributed by atoms with van der Waals surface area (Å²) in [5.41, 5.74) is 0. The maximum absolute atomic E-state index is 4.22. The first kappa shape index (κ1) is 10.9. The van der Waals surface area contributed by atoms with Crippen molar-refractivity contribution < 1.29 is 4.58 Å². The molecule has 0 aliphatic heterocycles. The summed E-state index contributed by atoms with van der Waals surface area (Å²) in [6, 6.07) is 0. The lowest BCUT2D eigenvalue weighted by atomic mass is 10.7. The highest BCUT2D eigenvalue weighted by atomic mass is 15.5. The molecule has 0 atom stereocenters. The molecule has 0 amide bonds. The molecule has 12 heavy (non-hydrogen) atoms. The molecule has 0 saturated heterocycles. The lowest BCUT2D eigenvalue weighted by molar-refractivity contribution is -0.464. The summed E-state index contributed by atoms with van der Waals surface area (Å²) in [6.07, 6.45) is 3.73. The quantitative estimate of drug-likeness (QED) is 0.259. The molecule has 0 rings (SSSR count). The fourth-order valence-electron chi connectivity index (χ4n) is 0.629. The van der Waals surface area contributed by atoms with Gasteiger partial charge in [0, 0.05) is 14.1 Å². The molecule has 0 radical (unpaired) electrons. The molecule has 0 bridgehead atoms. The van der Waals surface area contributed by atoms with E-state index in [4.69, 9.17) is 0 Å². The zero-order valence-electron chi connectivity index (χ0n) is 8.65. The van der Waals surface area contributed by atoms with Crippen LogP contribution in [0.15, 0.2) is 5.10 Å². The van der Waals surface area contributed by atoms with Crippen LogP contribution in [0.3, 0.4) is 0 Å². The van der Waals surface area contributed by atoms with E-state index in [0.29, 0.717) is 0 Å². The Balaban J connectivity index is 4.09. The van der Waals surface area contributed by atoms with E-state index in [0.717, 1.165) is 6.54 Å². The van der Waals surface area contributed by atoms with Gasteiger partial charge in [-0.15, -0.1) is 5.01 Å². The van der Waals surface area contributed by atoms with Crippen molar-refractivity contribution >= 4 is 12.7 Å². The first-order valence-electron chi connectivity index (χ1n) is 4.04. The molecule has 0 aliphatic carbocycles. The molecule has 0 N–H and O–H groups in total. The van der Waals surface area contributed by atoms with Crippen LogP contribution >= 0.6 is 0 Å². The topological polar surface area (TPSA) is 21.9 Å². The molecule has 4 heteroatoms. The minimum atomic E-state index is 0.878. The van der Waals surface area contributed by atoms with Crippen molar-refractivity contribution in [1.82, 2.24) is 9.91 Å². The summed E-state index contributed by atoms with van der Waals surface area (Å²) < 4.78 is 1.97. The molecule has 70 valence electrons. The zero-order chi connectivity index (χ0) is 9.56. The summed E-state index contributed by atoms with van der Waals surface area (Å²) in [4.78, 5) is 1.91. The number of rotatable bonds is 4. The van der Waals surface area contributed by atoms with Gasteiger partial charge in [0.15, 0.2) is 0 Å². The van der Waals surface area contributed by atoms with E-state index in [1.165, 1.54) is 0 Å². The second kappa shape index (κ2) is 5.57. The van der Waals surface area contributed by atoms with Gasteiger partial charge in [0.25, 0.3) is 6.34 Å². The van der Waals surface area contributed by atoms with Crippen molar-refractivity contribution in [2.75, 3.05) is 34.7 Å². The van der Waals surface area contributed by atoms with Crippen LogP contribution in [-0.2, 0) is 0 Å². The number of hydrazone groups is 1. The van der Waals surface area contributed by atoms with Crippen LogP contribution in [0.25, 0.3) is 0 Å². The van der Waals surface area contributed by atoms with E-state index in [1.807, 2.05) is 49.0 Å². The molecule has 0 unspecified atom stereocenters. The Morgan fingerprint density at radius 3 is 2.25 bits per heavy atom. The van der Waals surface area contributed by atoms with E-state index in [1.54, 1.807) is 6.34 Å². The smallest absolute Gasteiger partial charge is 0.259 e. The monoisotopic (exact) mass is 171 g/mol. The van der Waals surface area contributed by atoms with E-state index >= 15 is 0 Å². The Hall–Kier alpha value is -1.06. The van der Waals surface area contributed by atoms with E-state index < -0.39 is 0 Å². The largest absolute Gasteiger partial charge is 0.366 e. The molecule has 0 heterocycles. The molecule has 4 nitrogen and oxygen atoms in total. The Morgan fingerprint density at radius 2 is 1.92 bits per heavy atom. The van der Waals surface area contributed by atoms with Gasteiger partial charge in [-0.3, -0.25) is 4.58 Å². The fraction of sp³-hybridized carbons (Fsp3) is 0.750. The van der Waals surface area contributed by atoms with Gasteiger partial charge in [-0.25, -0.2) is 0 Å². The van der Waals surface area contributed by atoms with Crippen LogP contribution in [-0.4, -0.2) is 61.9 Å². The van der Waals surface area contributed by atoms with Crippen LogP contribution in [0.5, 0.6) is 0 Å². The Labute approximate surface area is 74.8 Å². The lowest BCUT2D eigenvalue weighted by Gasteiger charge is -2.05. The minimum Gasteiger partial charge on any atom is -0.366 e. The fourth-order valence-corrected chi connectivity index (χ4v) is 0.629. The van der Waals surface area contributed by atoms with Gasteiger partial charge < -0.3 is 4.90 Å². The van der Waals surface area contributed by atoms with Crippen molar-refractivity contribution in [2.45, 2.75) is 6.92 Å². The standard InChI is InChI=1S/C8H19N4/c1-6-12(8-11(4)5)9-7-10(2)3/h7-8H,6H2,1-5H3/q+1/b9-7+. The molecular formula is C8H19N4+. The van der Waals surface area contributed by atoms with Gasteiger partial charge in [0.05, 0.1) is 14.1 Å². The predicted molar refractivity (Wildman–Crippen MR) is 52.7 cm³/mol. The third-order valence-electron chi connectivity index (χ3n) is 1.12. The van der Waals surface area contributed by atoms with Crippen molar-refractivity contribution in [1.29, 1.82) is 0 Å². The maximum Gasteiger partial charge on any atom is 0.259 e. The van der Waals surface area contributed by atoms with Crippen molar-refractivity contribution in [3.8, 4) is 0 Å². The van der Waals surface area contributed by atoms with Crippen molar-refractivity contribution in [3.05, 3.63) is 0 Å². The van der Waals surface area contributed by atoms with Crippen LogP contribution in [0, 0.1) is 0 Å². The molecule has 0 spiro atoms. The van der Waals surface area contributed by atoms with Gasteiger partial charge in [-0.05, 0) is 6.92 Å². The zero-order valence-corrected chi connectivity index (χ0v) is 8.65. The van der Waals surface area contributed by atoms with E-state index in [2.05, 4.69) is 12.0 Å². The minimum absolute atomic E-state index is 0.878. The number of hydrogen-bond acceptors (Lipinski definition) is 1. The third-order valence-corrected chi connectivity index (χ3v) is 1.12. The average Bonchev–Trinajstić information content (AvgIpc) is 1.97. The SMILES string of the molecule is CCN(C=[N+](C)C)/N=C/N(C)C. The Morgan fingerprint density at radius 1 is 1.33 bits per heavy atom. The van der Waals surface area contributed by atoms with Crippen LogP contribution < -0.4 is 0 Å².